The van der Waals surface area contributed by atoms with Crippen molar-refractivity contribution >= 4 is 117 Å². The summed E-state index contributed by atoms with van der Waals surface area (Å²) >= 11 is 0. The van der Waals surface area contributed by atoms with Crippen LogP contribution in [0.3, 0.4) is 0 Å². The van der Waals surface area contributed by atoms with Crippen molar-refractivity contribution in [1.29, 1.82) is 0 Å². The summed E-state index contributed by atoms with van der Waals surface area (Å²) in [7, 11) is 3.35. The summed E-state index contributed by atoms with van der Waals surface area (Å²) in [5, 5.41) is 5.35. The van der Waals surface area contributed by atoms with E-state index in [1.165, 1.54) is 68.3 Å². The van der Waals surface area contributed by atoms with Gasteiger partial charge in [0, 0.05) is 132 Å². The zero-order valence-corrected chi connectivity index (χ0v) is 74.3. The van der Waals surface area contributed by atoms with E-state index in [1.807, 2.05) is 25.8 Å². The van der Waals surface area contributed by atoms with Crippen molar-refractivity contribution < 1.29 is 129 Å². The Kier molecular flexibility index (Phi) is 26.0. The van der Waals surface area contributed by atoms with E-state index in [0.29, 0.717) is 102 Å². The number of carbonyl (C=O) groups is 1. The van der Waals surface area contributed by atoms with Gasteiger partial charge in [-0.3, -0.25) is 33.6 Å². The first kappa shape index (κ1) is 101. The molecule has 2 fully saturated rings. The van der Waals surface area contributed by atoms with Gasteiger partial charge < -0.3 is 88.9 Å². The lowest BCUT2D eigenvalue weighted by Gasteiger charge is -2.41. The predicted octanol–water partition coefficient (Wildman–Crippen LogP) is 19.5. The average Bonchev–Trinajstić information content (AvgIpc) is 1.31. The Bertz CT molecular complexity index is 7130. The van der Waals surface area contributed by atoms with Crippen LogP contribution in [0.15, 0.2) is 138 Å². The molecule has 8 aliphatic heterocycles. The van der Waals surface area contributed by atoms with Crippen molar-refractivity contribution in [3.05, 3.63) is 205 Å². The number of hydrogen-bond donors (Lipinski definition) is 8. The number of H-pyrrole nitrogens is 6. The van der Waals surface area contributed by atoms with Gasteiger partial charge in [-0.25, -0.2) is 0 Å². The lowest BCUT2D eigenvalue weighted by atomic mass is 9.97. The molecule has 0 saturated carbocycles. The van der Waals surface area contributed by atoms with E-state index >= 15 is 0 Å². The van der Waals surface area contributed by atoms with Crippen LogP contribution in [0.4, 0.5) is 151 Å². The standard InChI is InChI=1S/C16H15F3N2O2.2C15H12F6N2O2.C15H14F3N3O2.C15H16F3N3O.C15H13F3N2O2/c17-16(18,19)11-6-15(22)20-12-7-14-13(5-10(11)12)21-4-2-1-3-9(21)8-23-14;2*1-7-5-25-12-4-10-8(2-11(12)23(7)6-14(16,17)18)9(15(19,20)21)3-13(24)22-10;1-14(2)13(23)21(3)11-4-7-8(15(16,17)18)5-12(22)19-9(7)6-10(11)20-14;1-14(2)7-21(3)12-4-8-9(15(16,17)18)5-13(22)19-10(8)6-11(12)20-14;16-15(17,18)10-5-14(21)19-11-6-13-12(4-9(10)11)20-3-1-2-8(20)7-22-13/h5-7,9H,1-4,8H2,(H,20,22);2*2-4,7H,5-6H2,1H3,(H,22,24);4-6,20H,1-3H3,(H,19,22);4-6,20H,7H2,1-3H3,(H,19,22);4-6,8H,1-3,7H2,(H,19,21)/t;2*7-;;;8-/m.11..1/s1. The number of likely N-dealkylation sites (N-methyl/N-ethyl adjacent to an activating group) is 2. The number of aromatic amines is 6. The molecule has 0 bridgehead atoms. The smallest absolute Gasteiger partial charge is 0.417 e. The molecule has 20 rings (SSSR count). The number of nitrogens with zero attached hydrogens (tertiary/aromatic N) is 6. The fraction of sp³-hybridized carbons (Fsp3) is 0.396. The highest BCUT2D eigenvalue weighted by atomic mass is 19.4. The summed E-state index contributed by atoms with van der Waals surface area (Å²) < 4.78 is 337. The molecule has 8 N–H and O–H groups in total. The van der Waals surface area contributed by atoms with Gasteiger partial charge >= 0.3 is 49.4 Å². The maximum absolute atomic E-state index is 13.3. The van der Waals surface area contributed by atoms with Crippen LogP contribution in [-0.2, 0) is 41.9 Å². The maximum atomic E-state index is 13.3. The van der Waals surface area contributed by atoms with Crippen molar-refractivity contribution in [2.45, 2.75) is 158 Å². The monoisotopic (exact) mass is 2000 g/mol. The van der Waals surface area contributed by atoms with Crippen molar-refractivity contribution in [2.75, 3.05) is 113 Å². The quantitative estimate of drug-likeness (QED) is 0.0746. The molecule has 6 aromatic carbocycles. The number of benzene rings is 6. The number of nitrogens with one attached hydrogen (secondary N) is 8. The van der Waals surface area contributed by atoms with E-state index in [-0.39, 0.29) is 114 Å². The number of ether oxygens (including phenoxy) is 4. The lowest BCUT2D eigenvalue weighted by Crippen LogP contribution is -2.52. The topological polar surface area (TPSA) is 295 Å². The number of alkyl halides is 24. The first-order chi connectivity index (χ1) is 64.8. The second-order valence-corrected chi connectivity index (χ2v) is 35.8. The third-order valence-electron chi connectivity index (χ3n) is 24.4. The van der Waals surface area contributed by atoms with Crippen LogP contribution in [0.5, 0.6) is 23.0 Å². The van der Waals surface area contributed by atoms with Gasteiger partial charge in [0.1, 0.15) is 68.1 Å². The maximum Gasteiger partial charge on any atom is 0.417 e. The molecule has 2 saturated heterocycles. The number of anilines is 8. The molecular formula is C91H82F24N14O11. The summed E-state index contributed by atoms with van der Waals surface area (Å²) in [5.74, 6) is 0.781. The molecule has 14 heterocycles. The Morgan fingerprint density at radius 1 is 0.329 bits per heavy atom. The number of rotatable bonds is 2. The summed E-state index contributed by atoms with van der Waals surface area (Å²) in [4.78, 5) is 105. The zero-order valence-electron chi connectivity index (χ0n) is 74.3. The van der Waals surface area contributed by atoms with E-state index in [1.54, 1.807) is 19.9 Å². The molecule has 140 heavy (non-hydrogen) atoms. The Labute approximate surface area is 772 Å². The first-order valence-electron chi connectivity index (χ1n) is 42.8. The highest BCUT2D eigenvalue weighted by Gasteiger charge is 2.46. The first-order valence-corrected chi connectivity index (χ1v) is 42.8. The largest absolute Gasteiger partial charge is 0.489 e. The molecule has 4 atom stereocenters. The fourth-order valence-corrected chi connectivity index (χ4v) is 18.4. The molecule has 0 aliphatic carbocycles. The molecule has 12 aromatic rings. The molecule has 1 unspecified atom stereocenters. The molecule has 1 amide bonds. The van der Waals surface area contributed by atoms with E-state index in [0.717, 1.165) is 79.3 Å². The summed E-state index contributed by atoms with van der Waals surface area (Å²) in [6.07, 6.45) is -32.0. The van der Waals surface area contributed by atoms with Crippen molar-refractivity contribution in [2.24, 2.45) is 0 Å². The number of pyridine rings is 6. The van der Waals surface area contributed by atoms with Crippen molar-refractivity contribution in [1.82, 2.24) is 29.9 Å². The highest BCUT2D eigenvalue weighted by molar-refractivity contribution is 6.10. The van der Waals surface area contributed by atoms with Gasteiger partial charge in [0.2, 0.25) is 33.4 Å². The van der Waals surface area contributed by atoms with Gasteiger partial charge in [-0.2, -0.15) is 105 Å². The zero-order chi connectivity index (χ0) is 102. The lowest BCUT2D eigenvalue weighted by molar-refractivity contribution is -0.137. The second kappa shape index (κ2) is 36.1. The SMILES string of the molecule is CN1C(=O)C(C)(C)Nc2cc3[nH]c(=O)cc(C(F)(F)F)c3cc21.CN1CC(C)(C)Nc2cc3[nH]c(=O)cc(C(F)(F)F)c3cc21.C[C@@H]1COc2cc3[nH]c(=O)cc(C(F)(F)F)c3cc2N1CC(F)(F)F.C[C@@H]1COc2cc3[nH]c(=O)cc(C(F)(F)F)c3cc2N1CC(F)(F)F.O=c1cc(C(F)(F)F)c2cc3c(cc2[nH]1)OCC1CCCCN31.O=c1cc(C(F)(F)F)c2cc3c(cc2[nH]1)OC[C@H]1CCCN31. The van der Waals surface area contributed by atoms with E-state index < -0.39 is 158 Å². The van der Waals surface area contributed by atoms with Gasteiger partial charge in [-0.05, 0) is 122 Å². The molecule has 6 aromatic heterocycles. The molecular weight excluding hydrogens is 1920 g/mol. The predicted molar refractivity (Wildman–Crippen MR) is 473 cm³/mol. The number of hydrogen-bond acceptors (Lipinski definition) is 18. The van der Waals surface area contributed by atoms with Gasteiger partial charge in [-0.1, -0.05) is 0 Å². The molecule has 750 valence electrons. The van der Waals surface area contributed by atoms with Crippen LogP contribution in [0.25, 0.3) is 65.4 Å². The van der Waals surface area contributed by atoms with E-state index in [2.05, 4.69) is 50.3 Å². The Hall–Kier alpha value is -13.8. The van der Waals surface area contributed by atoms with E-state index in [9.17, 15) is 139 Å². The van der Waals surface area contributed by atoms with Crippen LogP contribution in [-0.4, -0.2) is 157 Å². The van der Waals surface area contributed by atoms with Crippen LogP contribution in [0.2, 0.25) is 0 Å². The number of amides is 1. The number of halogens is 24. The van der Waals surface area contributed by atoms with Crippen LogP contribution in [0, 0.1) is 0 Å². The minimum atomic E-state index is -4.82. The van der Waals surface area contributed by atoms with Crippen LogP contribution in [0.1, 0.15) is 107 Å². The third kappa shape index (κ3) is 21.2. The summed E-state index contributed by atoms with van der Waals surface area (Å²) in [6.45, 7) is 10.9. The minimum Gasteiger partial charge on any atom is -0.489 e. The van der Waals surface area contributed by atoms with Gasteiger partial charge in [-0.15, -0.1) is 0 Å². The molecule has 0 radical (unpaired) electrons. The Morgan fingerprint density at radius 3 is 0.921 bits per heavy atom. The molecule has 49 heteroatoms. The minimum absolute atomic E-state index is 0.000735. The molecule has 8 aliphatic rings. The third-order valence-corrected chi connectivity index (χ3v) is 24.4. The van der Waals surface area contributed by atoms with E-state index in [4.69, 9.17) is 18.9 Å². The van der Waals surface area contributed by atoms with Crippen LogP contribution >= 0.6 is 0 Å². The number of aromatic nitrogens is 6. The van der Waals surface area contributed by atoms with Crippen molar-refractivity contribution in [3.8, 4) is 23.0 Å². The highest BCUT2D eigenvalue weighted by Crippen LogP contribution is 2.51. The number of fused-ring (bicyclic) bond motifs is 16. The second-order valence-electron chi connectivity index (χ2n) is 35.8. The van der Waals surface area contributed by atoms with Crippen LogP contribution < -0.4 is 92.3 Å². The van der Waals surface area contributed by atoms with Gasteiger partial charge in [0.25, 0.3) is 5.91 Å². The number of piperidine rings is 1. The van der Waals surface area contributed by atoms with Crippen molar-refractivity contribution in [3.63, 3.8) is 0 Å². The summed E-state index contributed by atoms with van der Waals surface area (Å²) in [5.41, 5.74) is -8.69. The van der Waals surface area contributed by atoms with Gasteiger partial charge in [0.05, 0.1) is 136 Å². The fourth-order valence-electron chi connectivity index (χ4n) is 18.4. The van der Waals surface area contributed by atoms with Gasteiger partial charge in [0.15, 0.2) is 0 Å². The Morgan fingerprint density at radius 2 is 0.600 bits per heavy atom. The number of carbonyl (C=O) groups excluding carboxylic acids is 1. The molecule has 0 spiro atoms. The average molecular weight is 2000 g/mol. The Balaban J connectivity index is 0.000000127. The summed E-state index contributed by atoms with van der Waals surface area (Å²) in [6, 6.07) is 18.1. The molecule has 25 nitrogen and oxygen atoms in total. The normalized spacial score (nSPS) is 18.7.